The lowest BCUT2D eigenvalue weighted by Gasteiger charge is -2.10. The molecule has 0 fully saturated rings. The van der Waals surface area contributed by atoms with Gasteiger partial charge in [-0.05, 0) is 38.0 Å². The van der Waals surface area contributed by atoms with Gasteiger partial charge >= 0.3 is 0 Å². The molecular formula is C21H25N3O3S. The summed E-state index contributed by atoms with van der Waals surface area (Å²) in [4.78, 5) is 31.2. The Morgan fingerprint density at radius 3 is 2.79 bits per heavy atom. The molecule has 3 aromatic rings. The molecule has 0 spiro atoms. The van der Waals surface area contributed by atoms with E-state index in [1.165, 1.54) is 11.3 Å². The SMILES string of the molecule is CCCCCn1cnc2sc(C(=O)Nc3ccccc3OCC)c(C)c2c1=O. The lowest BCUT2D eigenvalue weighted by atomic mass is 10.2. The molecule has 2 aromatic heterocycles. The molecule has 0 aliphatic heterocycles. The lowest BCUT2D eigenvalue weighted by molar-refractivity contribution is 0.102. The summed E-state index contributed by atoms with van der Waals surface area (Å²) in [5.74, 6) is 0.359. The minimum absolute atomic E-state index is 0.0800. The Balaban J connectivity index is 1.91. The monoisotopic (exact) mass is 399 g/mol. The molecule has 0 aliphatic carbocycles. The number of rotatable bonds is 8. The molecule has 1 N–H and O–H groups in total. The molecule has 0 radical (unpaired) electrons. The van der Waals surface area contributed by atoms with E-state index in [1.54, 1.807) is 17.0 Å². The summed E-state index contributed by atoms with van der Waals surface area (Å²) in [7, 11) is 0. The summed E-state index contributed by atoms with van der Waals surface area (Å²) in [6.07, 6.45) is 4.69. The molecule has 0 aliphatic rings. The number of amides is 1. The molecule has 148 valence electrons. The van der Waals surface area contributed by atoms with Crippen LogP contribution in [0, 0.1) is 6.92 Å². The fourth-order valence-corrected chi connectivity index (χ4v) is 4.13. The minimum atomic E-state index is -0.260. The van der Waals surface area contributed by atoms with Crippen molar-refractivity contribution in [3.63, 3.8) is 0 Å². The number of hydrogen-bond acceptors (Lipinski definition) is 5. The number of aryl methyl sites for hydroxylation is 2. The second kappa shape index (κ2) is 9.01. The van der Waals surface area contributed by atoms with Gasteiger partial charge in [0.2, 0.25) is 0 Å². The van der Waals surface area contributed by atoms with E-state index in [-0.39, 0.29) is 11.5 Å². The topological polar surface area (TPSA) is 73.2 Å². The van der Waals surface area contributed by atoms with Crippen LogP contribution in [-0.4, -0.2) is 22.1 Å². The highest BCUT2D eigenvalue weighted by Gasteiger charge is 2.20. The lowest BCUT2D eigenvalue weighted by Crippen LogP contribution is -2.20. The molecule has 6 nitrogen and oxygen atoms in total. The average Bonchev–Trinajstić information content (AvgIpc) is 3.03. The number of nitrogens with zero attached hydrogens (tertiary/aromatic N) is 2. The number of fused-ring (bicyclic) bond motifs is 1. The van der Waals surface area contributed by atoms with Crippen LogP contribution in [0.15, 0.2) is 35.4 Å². The third-order valence-corrected chi connectivity index (χ3v) is 5.76. The number of anilines is 1. The number of ether oxygens (including phenoxy) is 1. The molecule has 0 bridgehead atoms. The van der Waals surface area contributed by atoms with Gasteiger partial charge in [-0.2, -0.15) is 0 Å². The number of aromatic nitrogens is 2. The number of benzene rings is 1. The zero-order chi connectivity index (χ0) is 20.1. The van der Waals surface area contributed by atoms with Crippen molar-refractivity contribution in [3.05, 3.63) is 51.4 Å². The van der Waals surface area contributed by atoms with Crippen LogP contribution in [0.4, 0.5) is 5.69 Å². The largest absolute Gasteiger partial charge is 0.492 e. The molecule has 1 amide bonds. The van der Waals surface area contributed by atoms with Gasteiger partial charge in [0.15, 0.2) is 0 Å². The first kappa shape index (κ1) is 20.1. The van der Waals surface area contributed by atoms with Crippen LogP contribution in [-0.2, 0) is 6.54 Å². The van der Waals surface area contributed by atoms with Crippen molar-refractivity contribution in [2.75, 3.05) is 11.9 Å². The standard InChI is InChI=1S/C21H25N3O3S/c1-4-6-9-12-24-13-22-20-17(21(24)26)14(3)18(28-20)19(25)23-15-10-7-8-11-16(15)27-5-2/h7-8,10-11,13H,4-6,9,12H2,1-3H3,(H,23,25). The van der Waals surface area contributed by atoms with Crippen LogP contribution in [0.2, 0.25) is 0 Å². The van der Waals surface area contributed by atoms with Gasteiger partial charge in [0.25, 0.3) is 11.5 Å². The van der Waals surface area contributed by atoms with Gasteiger partial charge in [-0.15, -0.1) is 11.3 Å². The van der Waals surface area contributed by atoms with Crippen molar-refractivity contribution < 1.29 is 9.53 Å². The zero-order valence-electron chi connectivity index (χ0n) is 16.4. The fourth-order valence-electron chi connectivity index (χ4n) is 3.10. The number of hydrogen-bond donors (Lipinski definition) is 1. The summed E-state index contributed by atoms with van der Waals surface area (Å²) in [6, 6.07) is 7.31. The van der Waals surface area contributed by atoms with Gasteiger partial charge in [-0.25, -0.2) is 4.98 Å². The molecule has 0 atom stereocenters. The van der Waals surface area contributed by atoms with Gasteiger partial charge in [0.05, 0.1) is 28.9 Å². The van der Waals surface area contributed by atoms with Crippen LogP contribution in [0.25, 0.3) is 10.2 Å². The number of nitrogens with one attached hydrogen (secondary N) is 1. The minimum Gasteiger partial charge on any atom is -0.492 e. The molecule has 0 saturated heterocycles. The van der Waals surface area contributed by atoms with Gasteiger partial charge in [0, 0.05) is 6.54 Å². The number of carbonyl (C=O) groups is 1. The Bertz CT molecular complexity index is 1040. The molecular weight excluding hydrogens is 374 g/mol. The first-order valence-corrected chi connectivity index (χ1v) is 10.4. The Morgan fingerprint density at radius 2 is 2.04 bits per heavy atom. The summed E-state index contributed by atoms with van der Waals surface area (Å²) in [6.45, 7) is 6.99. The van der Waals surface area contributed by atoms with Crippen LogP contribution < -0.4 is 15.6 Å². The third kappa shape index (κ3) is 4.09. The average molecular weight is 400 g/mol. The predicted molar refractivity (Wildman–Crippen MR) is 114 cm³/mol. The van der Waals surface area contributed by atoms with Gasteiger partial charge in [0.1, 0.15) is 10.6 Å². The Kier molecular flexibility index (Phi) is 6.46. The van der Waals surface area contributed by atoms with E-state index in [2.05, 4.69) is 17.2 Å². The molecule has 0 unspecified atom stereocenters. The van der Waals surface area contributed by atoms with E-state index in [0.29, 0.717) is 45.2 Å². The number of carbonyl (C=O) groups excluding carboxylic acids is 1. The van der Waals surface area contributed by atoms with Crippen LogP contribution >= 0.6 is 11.3 Å². The highest BCUT2D eigenvalue weighted by Crippen LogP contribution is 2.29. The van der Waals surface area contributed by atoms with Crippen LogP contribution in [0.1, 0.15) is 48.3 Å². The van der Waals surface area contributed by atoms with Crippen molar-refractivity contribution in [3.8, 4) is 5.75 Å². The smallest absolute Gasteiger partial charge is 0.266 e. The summed E-state index contributed by atoms with van der Waals surface area (Å²) < 4.78 is 7.21. The van der Waals surface area contributed by atoms with Gasteiger partial charge in [-0.1, -0.05) is 31.9 Å². The van der Waals surface area contributed by atoms with E-state index in [0.717, 1.165) is 19.3 Å². The first-order chi connectivity index (χ1) is 13.6. The maximum Gasteiger partial charge on any atom is 0.266 e. The van der Waals surface area contributed by atoms with E-state index >= 15 is 0 Å². The quantitative estimate of drug-likeness (QED) is 0.562. The Hall–Kier alpha value is -2.67. The number of para-hydroxylation sites is 2. The maximum atomic E-state index is 12.9. The van der Waals surface area contributed by atoms with Crippen LogP contribution in [0.5, 0.6) is 5.75 Å². The van der Waals surface area contributed by atoms with Crippen molar-refractivity contribution >= 4 is 33.1 Å². The van der Waals surface area contributed by atoms with Gasteiger partial charge < -0.3 is 10.1 Å². The fraction of sp³-hybridized carbons (Fsp3) is 0.381. The molecule has 7 heteroatoms. The maximum absolute atomic E-state index is 12.9. The van der Waals surface area contributed by atoms with E-state index in [4.69, 9.17) is 4.74 Å². The normalized spacial score (nSPS) is 11.0. The second-order valence-electron chi connectivity index (χ2n) is 6.57. The predicted octanol–water partition coefficient (Wildman–Crippen LogP) is 4.61. The summed E-state index contributed by atoms with van der Waals surface area (Å²) in [5, 5.41) is 3.43. The molecule has 1 aromatic carbocycles. The van der Waals surface area contributed by atoms with E-state index in [9.17, 15) is 9.59 Å². The summed E-state index contributed by atoms with van der Waals surface area (Å²) >= 11 is 1.24. The van der Waals surface area contributed by atoms with Gasteiger partial charge in [-0.3, -0.25) is 14.2 Å². The third-order valence-electron chi connectivity index (χ3n) is 4.56. The van der Waals surface area contributed by atoms with Crippen LogP contribution in [0.3, 0.4) is 0 Å². The highest BCUT2D eigenvalue weighted by atomic mass is 32.1. The second-order valence-corrected chi connectivity index (χ2v) is 7.57. The summed E-state index contributed by atoms with van der Waals surface area (Å²) in [5.41, 5.74) is 1.20. The van der Waals surface area contributed by atoms with E-state index in [1.807, 2.05) is 32.0 Å². The van der Waals surface area contributed by atoms with Crippen molar-refractivity contribution in [1.82, 2.24) is 9.55 Å². The van der Waals surface area contributed by atoms with Crippen molar-refractivity contribution in [2.24, 2.45) is 0 Å². The van der Waals surface area contributed by atoms with Crippen molar-refractivity contribution in [2.45, 2.75) is 46.6 Å². The highest BCUT2D eigenvalue weighted by molar-refractivity contribution is 7.20. The molecule has 0 saturated carbocycles. The number of unbranched alkanes of at least 4 members (excludes halogenated alkanes) is 2. The van der Waals surface area contributed by atoms with Crippen molar-refractivity contribution in [1.29, 1.82) is 0 Å². The molecule has 2 heterocycles. The molecule has 3 rings (SSSR count). The molecule has 28 heavy (non-hydrogen) atoms. The number of thiophene rings is 1. The van der Waals surface area contributed by atoms with E-state index < -0.39 is 0 Å². The Labute approximate surface area is 168 Å². The first-order valence-electron chi connectivity index (χ1n) is 9.58. The zero-order valence-corrected chi connectivity index (χ0v) is 17.3. The Morgan fingerprint density at radius 1 is 1.25 bits per heavy atom.